The number of carbonyl (C=O) groups is 1. The number of nitrogens with zero attached hydrogens (tertiary/aromatic N) is 4. The van der Waals surface area contributed by atoms with Gasteiger partial charge in [-0.1, -0.05) is 13.8 Å². The lowest BCUT2D eigenvalue weighted by Crippen LogP contribution is -2.36. The fraction of sp³-hybridized carbons (Fsp3) is 0.500. The summed E-state index contributed by atoms with van der Waals surface area (Å²) in [4.78, 5) is 18.3. The van der Waals surface area contributed by atoms with E-state index in [9.17, 15) is 4.79 Å². The molecule has 0 aliphatic carbocycles. The lowest BCUT2D eigenvalue weighted by molar-refractivity contribution is -0.118. The number of nitrogens with one attached hydrogen (secondary N) is 1. The summed E-state index contributed by atoms with van der Waals surface area (Å²) in [6.45, 7) is 6.91. The number of hydrogen-bond acceptors (Lipinski definition) is 5. The highest BCUT2D eigenvalue weighted by Gasteiger charge is 2.14. The van der Waals surface area contributed by atoms with Gasteiger partial charge in [0, 0.05) is 37.0 Å². The number of anilines is 2. The van der Waals surface area contributed by atoms with E-state index < -0.39 is 0 Å². The molecule has 0 spiro atoms. The number of ether oxygens (including phenoxy) is 1. The van der Waals surface area contributed by atoms with Crippen molar-refractivity contribution in [3.8, 4) is 0 Å². The Morgan fingerprint density at radius 1 is 1.38 bits per heavy atom. The van der Waals surface area contributed by atoms with Crippen molar-refractivity contribution >= 4 is 23.2 Å². The molecule has 0 radical (unpaired) electrons. The minimum absolute atomic E-state index is 0.0840. The maximum atomic E-state index is 11.7. The third-order valence-corrected chi connectivity index (χ3v) is 3.46. The predicted molar refractivity (Wildman–Crippen MR) is 79.5 cm³/mol. The Morgan fingerprint density at radius 2 is 2.14 bits per heavy atom. The van der Waals surface area contributed by atoms with Gasteiger partial charge in [0.1, 0.15) is 0 Å². The van der Waals surface area contributed by atoms with Crippen LogP contribution >= 0.6 is 0 Å². The van der Waals surface area contributed by atoms with Crippen molar-refractivity contribution in [2.75, 3.05) is 36.5 Å². The molecule has 3 heterocycles. The van der Waals surface area contributed by atoms with Gasteiger partial charge in [-0.25, -0.2) is 4.52 Å². The quantitative estimate of drug-likeness (QED) is 0.918. The maximum absolute atomic E-state index is 11.7. The van der Waals surface area contributed by atoms with Crippen LogP contribution in [0.2, 0.25) is 0 Å². The summed E-state index contributed by atoms with van der Waals surface area (Å²) in [5.41, 5.74) is 1.82. The Kier molecular flexibility index (Phi) is 3.74. The molecule has 1 fully saturated rings. The molecule has 0 bridgehead atoms. The first kappa shape index (κ1) is 13.8. The van der Waals surface area contributed by atoms with Crippen LogP contribution in [0.5, 0.6) is 0 Å². The van der Waals surface area contributed by atoms with E-state index >= 15 is 0 Å². The van der Waals surface area contributed by atoms with Gasteiger partial charge >= 0.3 is 0 Å². The molecule has 1 aliphatic rings. The van der Waals surface area contributed by atoms with Crippen molar-refractivity contribution in [1.29, 1.82) is 0 Å². The van der Waals surface area contributed by atoms with Gasteiger partial charge in [0.05, 0.1) is 13.2 Å². The van der Waals surface area contributed by atoms with E-state index in [1.807, 2.05) is 32.2 Å². The number of morpholine rings is 1. The fourth-order valence-electron chi connectivity index (χ4n) is 2.20. The van der Waals surface area contributed by atoms with Crippen LogP contribution in [-0.4, -0.2) is 46.8 Å². The molecule has 0 saturated carbocycles. The van der Waals surface area contributed by atoms with E-state index in [0.717, 1.165) is 37.6 Å². The summed E-state index contributed by atoms with van der Waals surface area (Å²) in [7, 11) is 0. The normalized spacial score (nSPS) is 15.7. The number of amides is 1. The lowest BCUT2D eigenvalue weighted by atomic mass is 10.2. The highest BCUT2D eigenvalue weighted by Crippen LogP contribution is 2.18. The van der Waals surface area contributed by atoms with Crippen molar-refractivity contribution in [1.82, 2.24) is 14.6 Å². The van der Waals surface area contributed by atoms with Crippen molar-refractivity contribution in [3.63, 3.8) is 0 Å². The van der Waals surface area contributed by atoms with Crippen LogP contribution in [0.3, 0.4) is 0 Å². The predicted octanol–water partition coefficient (Wildman–Crippen LogP) is 1.16. The van der Waals surface area contributed by atoms with Crippen molar-refractivity contribution in [2.45, 2.75) is 13.8 Å². The van der Waals surface area contributed by atoms with Gasteiger partial charge in [0.15, 0.2) is 5.65 Å². The molecule has 1 aliphatic heterocycles. The van der Waals surface area contributed by atoms with Gasteiger partial charge < -0.3 is 9.64 Å². The molecule has 0 unspecified atom stereocenters. The molecule has 7 nitrogen and oxygen atoms in total. The van der Waals surface area contributed by atoms with Crippen LogP contribution in [0.1, 0.15) is 13.8 Å². The van der Waals surface area contributed by atoms with Crippen LogP contribution in [0.15, 0.2) is 18.3 Å². The number of rotatable bonds is 3. The topological polar surface area (TPSA) is 71.8 Å². The summed E-state index contributed by atoms with van der Waals surface area (Å²) in [5, 5.41) is 6.97. The average molecular weight is 289 g/mol. The smallest absolute Gasteiger partial charge is 0.249 e. The van der Waals surface area contributed by atoms with E-state index in [4.69, 9.17) is 4.74 Å². The molecule has 1 saturated heterocycles. The monoisotopic (exact) mass is 289 g/mol. The summed E-state index contributed by atoms with van der Waals surface area (Å²) < 4.78 is 7.02. The summed E-state index contributed by atoms with van der Waals surface area (Å²) >= 11 is 0. The van der Waals surface area contributed by atoms with Gasteiger partial charge in [0.25, 0.3) is 0 Å². The number of aromatic nitrogens is 3. The van der Waals surface area contributed by atoms with E-state index in [1.165, 1.54) is 0 Å². The Hall–Kier alpha value is -2.15. The second kappa shape index (κ2) is 5.69. The van der Waals surface area contributed by atoms with Crippen molar-refractivity contribution in [3.05, 3.63) is 18.3 Å². The summed E-state index contributed by atoms with van der Waals surface area (Å²) in [5.74, 6) is 0.160. The highest BCUT2D eigenvalue weighted by molar-refractivity contribution is 5.90. The van der Waals surface area contributed by atoms with E-state index in [1.54, 1.807) is 4.52 Å². The molecule has 2 aromatic heterocycles. The van der Waals surface area contributed by atoms with Gasteiger partial charge in [-0.05, 0) is 6.07 Å². The van der Waals surface area contributed by atoms with Gasteiger partial charge in [-0.3, -0.25) is 10.1 Å². The molecule has 1 amide bonds. The molecule has 3 rings (SSSR count). The molecule has 0 aromatic carbocycles. The van der Waals surface area contributed by atoms with Gasteiger partial charge in [0.2, 0.25) is 11.9 Å². The number of fused-ring (bicyclic) bond motifs is 1. The summed E-state index contributed by atoms with van der Waals surface area (Å²) in [6, 6.07) is 3.98. The van der Waals surface area contributed by atoms with Gasteiger partial charge in [-0.2, -0.15) is 4.98 Å². The molecule has 2 aromatic rings. The second-order valence-electron chi connectivity index (χ2n) is 5.37. The standard InChI is InChI=1S/C14H19N5O2/c1-10(2)13(20)16-14-15-12-9-11(3-4-19(12)17-14)18-5-7-21-8-6-18/h3-4,9-10H,5-8H2,1-2H3,(H,16,17,20). The molecule has 21 heavy (non-hydrogen) atoms. The largest absolute Gasteiger partial charge is 0.378 e. The Morgan fingerprint density at radius 3 is 2.86 bits per heavy atom. The van der Waals surface area contributed by atoms with E-state index in [-0.39, 0.29) is 11.8 Å². The third kappa shape index (κ3) is 2.97. The van der Waals surface area contributed by atoms with Crippen molar-refractivity contribution in [2.24, 2.45) is 5.92 Å². The molecular weight excluding hydrogens is 270 g/mol. The minimum Gasteiger partial charge on any atom is -0.378 e. The highest BCUT2D eigenvalue weighted by atomic mass is 16.5. The Balaban J connectivity index is 1.82. The zero-order valence-corrected chi connectivity index (χ0v) is 12.2. The Labute approximate surface area is 122 Å². The molecule has 0 atom stereocenters. The molecular formula is C14H19N5O2. The zero-order valence-electron chi connectivity index (χ0n) is 12.2. The third-order valence-electron chi connectivity index (χ3n) is 3.46. The lowest BCUT2D eigenvalue weighted by Gasteiger charge is -2.28. The zero-order chi connectivity index (χ0) is 14.8. The first-order chi connectivity index (χ1) is 10.1. The SMILES string of the molecule is CC(C)C(=O)Nc1nc2cc(N3CCOCC3)ccn2n1. The minimum atomic E-state index is -0.0967. The maximum Gasteiger partial charge on any atom is 0.249 e. The van der Waals surface area contributed by atoms with Crippen LogP contribution in [-0.2, 0) is 9.53 Å². The second-order valence-corrected chi connectivity index (χ2v) is 5.37. The average Bonchev–Trinajstić information content (AvgIpc) is 2.89. The molecule has 112 valence electrons. The van der Waals surface area contributed by atoms with Crippen LogP contribution < -0.4 is 10.2 Å². The molecule has 1 N–H and O–H groups in total. The molecule has 7 heteroatoms. The van der Waals surface area contributed by atoms with E-state index in [2.05, 4.69) is 20.3 Å². The first-order valence-corrected chi connectivity index (χ1v) is 7.13. The number of carbonyl (C=O) groups excluding carboxylic acids is 1. The van der Waals surface area contributed by atoms with E-state index in [0.29, 0.717) is 5.95 Å². The summed E-state index contributed by atoms with van der Waals surface area (Å²) in [6.07, 6.45) is 1.86. The van der Waals surface area contributed by atoms with Crippen LogP contribution in [0, 0.1) is 5.92 Å². The van der Waals surface area contributed by atoms with Crippen LogP contribution in [0.4, 0.5) is 11.6 Å². The number of hydrogen-bond donors (Lipinski definition) is 1. The fourth-order valence-corrected chi connectivity index (χ4v) is 2.20. The Bertz CT molecular complexity index is 646. The number of pyridine rings is 1. The first-order valence-electron chi connectivity index (χ1n) is 7.13. The van der Waals surface area contributed by atoms with Crippen molar-refractivity contribution < 1.29 is 9.53 Å². The van der Waals surface area contributed by atoms with Gasteiger partial charge in [-0.15, -0.1) is 5.10 Å². The van der Waals surface area contributed by atoms with Crippen LogP contribution in [0.25, 0.3) is 5.65 Å².